The van der Waals surface area contributed by atoms with E-state index >= 15 is 0 Å². The molecule has 27 heavy (non-hydrogen) atoms. The third-order valence-corrected chi connectivity index (χ3v) is 5.44. The van der Waals surface area contributed by atoms with E-state index in [1.807, 2.05) is 0 Å². The van der Waals surface area contributed by atoms with E-state index in [0.29, 0.717) is 0 Å². The standard InChI is InChI=1S/C25H17NO/c1-16-11-13-22-19(15-16)25-23(27-22)14-12-21-24(25)18-9-5-6-10-20(18)26(21)17-7-3-2-4-8-17/h2-15H,1H3. The van der Waals surface area contributed by atoms with Gasteiger partial charge in [-0.2, -0.15) is 0 Å². The van der Waals surface area contributed by atoms with E-state index in [-0.39, 0.29) is 0 Å². The van der Waals surface area contributed by atoms with Crippen LogP contribution in [0, 0.1) is 6.92 Å². The lowest BCUT2D eigenvalue weighted by Crippen LogP contribution is -1.92. The van der Waals surface area contributed by atoms with E-state index in [1.54, 1.807) is 0 Å². The lowest BCUT2D eigenvalue weighted by atomic mass is 10.0. The molecular formula is C25H17NO. The quantitative estimate of drug-likeness (QED) is 0.313. The van der Waals surface area contributed by atoms with Gasteiger partial charge in [-0.05, 0) is 49.4 Å². The minimum atomic E-state index is 0.944. The van der Waals surface area contributed by atoms with Crippen molar-refractivity contribution in [3.8, 4) is 5.69 Å². The van der Waals surface area contributed by atoms with Crippen LogP contribution in [0.4, 0.5) is 0 Å². The van der Waals surface area contributed by atoms with Crippen molar-refractivity contribution in [2.45, 2.75) is 6.92 Å². The fraction of sp³-hybridized carbons (Fsp3) is 0.0400. The van der Waals surface area contributed by atoms with Gasteiger partial charge in [-0.25, -0.2) is 0 Å². The van der Waals surface area contributed by atoms with Crippen molar-refractivity contribution in [3.63, 3.8) is 0 Å². The fourth-order valence-electron chi connectivity index (χ4n) is 4.30. The largest absolute Gasteiger partial charge is 0.456 e. The van der Waals surface area contributed by atoms with E-state index in [2.05, 4.69) is 96.4 Å². The first kappa shape index (κ1) is 14.6. The van der Waals surface area contributed by atoms with Gasteiger partial charge in [-0.1, -0.05) is 48.0 Å². The summed E-state index contributed by atoms with van der Waals surface area (Å²) in [6, 6.07) is 29.9. The number of aryl methyl sites for hydroxylation is 1. The van der Waals surface area contributed by atoms with Crippen molar-refractivity contribution >= 4 is 43.7 Å². The molecule has 2 aromatic heterocycles. The minimum Gasteiger partial charge on any atom is -0.456 e. The Balaban J connectivity index is 1.91. The van der Waals surface area contributed by atoms with Crippen molar-refractivity contribution in [2.75, 3.05) is 0 Å². The normalized spacial score (nSPS) is 11.9. The molecule has 0 saturated heterocycles. The van der Waals surface area contributed by atoms with Gasteiger partial charge in [0.05, 0.1) is 11.0 Å². The van der Waals surface area contributed by atoms with Gasteiger partial charge in [0.15, 0.2) is 0 Å². The summed E-state index contributed by atoms with van der Waals surface area (Å²) in [5, 5.41) is 4.91. The predicted molar refractivity (Wildman–Crippen MR) is 113 cm³/mol. The van der Waals surface area contributed by atoms with Crippen molar-refractivity contribution in [2.24, 2.45) is 0 Å². The van der Waals surface area contributed by atoms with E-state index in [4.69, 9.17) is 4.42 Å². The zero-order chi connectivity index (χ0) is 18.0. The van der Waals surface area contributed by atoms with Gasteiger partial charge in [0, 0.05) is 27.2 Å². The molecule has 2 heterocycles. The summed E-state index contributed by atoms with van der Waals surface area (Å²) in [7, 11) is 0. The van der Waals surface area contributed by atoms with Gasteiger partial charge < -0.3 is 8.98 Å². The van der Waals surface area contributed by atoms with E-state index in [9.17, 15) is 0 Å². The highest BCUT2D eigenvalue weighted by atomic mass is 16.3. The average Bonchev–Trinajstić information content (AvgIpc) is 3.23. The van der Waals surface area contributed by atoms with Crippen molar-refractivity contribution in [1.29, 1.82) is 0 Å². The maximum Gasteiger partial charge on any atom is 0.136 e. The molecule has 4 aromatic carbocycles. The van der Waals surface area contributed by atoms with Crippen LogP contribution >= 0.6 is 0 Å². The van der Waals surface area contributed by atoms with Crippen LogP contribution in [0.15, 0.2) is 89.3 Å². The molecule has 0 saturated carbocycles. The van der Waals surface area contributed by atoms with E-state index in [0.717, 1.165) is 11.2 Å². The second-order valence-corrected chi connectivity index (χ2v) is 7.12. The van der Waals surface area contributed by atoms with Crippen LogP contribution in [0.5, 0.6) is 0 Å². The number of nitrogens with zero attached hydrogens (tertiary/aromatic N) is 1. The molecule has 0 spiro atoms. The molecule has 0 unspecified atom stereocenters. The van der Waals surface area contributed by atoms with Gasteiger partial charge in [0.2, 0.25) is 0 Å². The molecule has 0 N–H and O–H groups in total. The SMILES string of the molecule is Cc1ccc2oc3ccc4c(c5ccccc5n4-c4ccccc4)c3c2c1. The average molecular weight is 347 g/mol. The first-order valence-electron chi connectivity index (χ1n) is 9.22. The molecule has 0 fully saturated rings. The molecule has 128 valence electrons. The maximum atomic E-state index is 6.17. The summed E-state index contributed by atoms with van der Waals surface area (Å²) in [6.07, 6.45) is 0. The summed E-state index contributed by atoms with van der Waals surface area (Å²) in [5.74, 6) is 0. The Bertz CT molecular complexity index is 1470. The number of fused-ring (bicyclic) bond motifs is 7. The third kappa shape index (κ3) is 1.95. The van der Waals surface area contributed by atoms with Crippen molar-refractivity contribution < 1.29 is 4.42 Å². The van der Waals surface area contributed by atoms with Gasteiger partial charge in [-0.3, -0.25) is 0 Å². The van der Waals surface area contributed by atoms with Crippen molar-refractivity contribution in [1.82, 2.24) is 4.57 Å². The number of furan rings is 1. The second-order valence-electron chi connectivity index (χ2n) is 7.12. The molecular weight excluding hydrogens is 330 g/mol. The number of hydrogen-bond acceptors (Lipinski definition) is 1. The number of rotatable bonds is 1. The molecule has 0 radical (unpaired) electrons. The first-order chi connectivity index (χ1) is 13.3. The zero-order valence-corrected chi connectivity index (χ0v) is 14.9. The highest BCUT2D eigenvalue weighted by Gasteiger charge is 2.18. The number of para-hydroxylation sites is 2. The highest BCUT2D eigenvalue weighted by Crippen LogP contribution is 2.41. The van der Waals surface area contributed by atoms with Crippen molar-refractivity contribution in [3.05, 3.63) is 90.5 Å². The van der Waals surface area contributed by atoms with Crippen LogP contribution in [0.3, 0.4) is 0 Å². The Hall–Kier alpha value is -3.52. The summed E-state index contributed by atoms with van der Waals surface area (Å²) in [6.45, 7) is 2.13. The maximum absolute atomic E-state index is 6.17. The number of benzene rings is 4. The zero-order valence-electron chi connectivity index (χ0n) is 14.9. The van der Waals surface area contributed by atoms with Crippen LogP contribution in [-0.4, -0.2) is 4.57 Å². The Morgan fingerprint density at radius 1 is 0.630 bits per heavy atom. The van der Waals surface area contributed by atoms with E-state index in [1.165, 1.54) is 43.8 Å². The molecule has 0 aliphatic carbocycles. The van der Waals surface area contributed by atoms with Crippen LogP contribution in [0.25, 0.3) is 49.4 Å². The van der Waals surface area contributed by atoms with Gasteiger partial charge in [-0.15, -0.1) is 0 Å². The van der Waals surface area contributed by atoms with Crippen LogP contribution in [-0.2, 0) is 0 Å². The number of aromatic nitrogens is 1. The van der Waals surface area contributed by atoms with Gasteiger partial charge in [0.25, 0.3) is 0 Å². The molecule has 0 bridgehead atoms. The topological polar surface area (TPSA) is 18.1 Å². The van der Waals surface area contributed by atoms with E-state index < -0.39 is 0 Å². The second kappa shape index (κ2) is 5.24. The molecule has 0 atom stereocenters. The molecule has 6 rings (SSSR count). The minimum absolute atomic E-state index is 0.944. The lowest BCUT2D eigenvalue weighted by molar-refractivity contribution is 0.669. The molecule has 2 nitrogen and oxygen atoms in total. The Kier molecular flexibility index (Phi) is 2.84. The fourth-order valence-corrected chi connectivity index (χ4v) is 4.30. The molecule has 6 aromatic rings. The van der Waals surface area contributed by atoms with Crippen LogP contribution in [0.2, 0.25) is 0 Å². The Labute approximate surface area is 156 Å². The molecule has 0 aliphatic heterocycles. The van der Waals surface area contributed by atoms with Gasteiger partial charge >= 0.3 is 0 Å². The highest BCUT2D eigenvalue weighted by molar-refractivity contribution is 6.27. The monoisotopic (exact) mass is 347 g/mol. The lowest BCUT2D eigenvalue weighted by Gasteiger charge is -2.07. The smallest absolute Gasteiger partial charge is 0.136 e. The molecule has 0 aliphatic rings. The summed E-state index contributed by atoms with van der Waals surface area (Å²) in [4.78, 5) is 0. The van der Waals surface area contributed by atoms with Gasteiger partial charge in [0.1, 0.15) is 11.2 Å². The summed E-state index contributed by atoms with van der Waals surface area (Å²) in [5.41, 5.74) is 6.73. The van der Waals surface area contributed by atoms with Crippen LogP contribution < -0.4 is 0 Å². The molecule has 0 amide bonds. The molecule has 2 heteroatoms. The Morgan fingerprint density at radius 3 is 2.30 bits per heavy atom. The third-order valence-electron chi connectivity index (χ3n) is 5.44. The summed E-state index contributed by atoms with van der Waals surface area (Å²) < 4.78 is 8.52. The van der Waals surface area contributed by atoms with Crippen LogP contribution in [0.1, 0.15) is 5.56 Å². The summed E-state index contributed by atoms with van der Waals surface area (Å²) >= 11 is 0. The number of hydrogen-bond donors (Lipinski definition) is 0. The predicted octanol–water partition coefficient (Wildman–Crippen LogP) is 6.99. The Morgan fingerprint density at radius 2 is 1.41 bits per heavy atom. The first-order valence-corrected chi connectivity index (χ1v) is 9.22.